The molecule has 3 aromatic rings. The zero-order chi connectivity index (χ0) is 21.7. The van der Waals surface area contributed by atoms with E-state index in [2.05, 4.69) is 15.6 Å². The third-order valence-electron chi connectivity index (χ3n) is 3.81. The molecule has 0 saturated carbocycles. The Morgan fingerprint density at radius 2 is 1.80 bits per heavy atom. The number of hydrogen-bond donors (Lipinski definition) is 2. The highest BCUT2D eigenvalue weighted by Gasteiger charge is 2.18. The molecule has 2 aromatic carbocycles. The van der Waals surface area contributed by atoms with E-state index in [9.17, 15) is 14.0 Å². The van der Waals surface area contributed by atoms with Gasteiger partial charge in [-0.15, -0.1) is 0 Å². The summed E-state index contributed by atoms with van der Waals surface area (Å²) in [6, 6.07) is 12.9. The van der Waals surface area contributed by atoms with Crippen LogP contribution in [0.2, 0.25) is 0 Å². The van der Waals surface area contributed by atoms with Crippen molar-refractivity contribution in [1.29, 1.82) is 0 Å². The first-order chi connectivity index (χ1) is 14.2. The van der Waals surface area contributed by atoms with Crippen LogP contribution >= 0.6 is 0 Å². The number of oxazole rings is 1. The van der Waals surface area contributed by atoms with Crippen molar-refractivity contribution < 1.29 is 23.1 Å². The molecule has 8 heteroatoms. The number of aromatic nitrogens is 1. The second-order valence-electron chi connectivity index (χ2n) is 7.55. The lowest BCUT2D eigenvalue weighted by Gasteiger charge is -2.20. The van der Waals surface area contributed by atoms with Crippen LogP contribution in [0.4, 0.5) is 20.6 Å². The van der Waals surface area contributed by atoms with Crippen LogP contribution in [0.3, 0.4) is 0 Å². The van der Waals surface area contributed by atoms with Crippen LogP contribution in [-0.4, -0.2) is 22.6 Å². The number of carbonyl (C=O) groups excluding carboxylic acids is 2. The summed E-state index contributed by atoms with van der Waals surface area (Å²) in [6.45, 7) is 5.17. The number of ether oxygens (including phenoxy) is 1. The number of carbonyl (C=O) groups is 2. The van der Waals surface area contributed by atoms with E-state index in [4.69, 9.17) is 9.15 Å². The predicted molar refractivity (Wildman–Crippen MR) is 111 cm³/mol. The molecule has 0 aliphatic carbocycles. The third kappa shape index (κ3) is 5.91. The van der Waals surface area contributed by atoms with Gasteiger partial charge < -0.3 is 14.5 Å². The second-order valence-corrected chi connectivity index (χ2v) is 7.55. The van der Waals surface area contributed by atoms with Gasteiger partial charge in [-0.05, 0) is 51.1 Å². The Morgan fingerprint density at radius 1 is 1.07 bits per heavy atom. The number of rotatable bonds is 5. The summed E-state index contributed by atoms with van der Waals surface area (Å²) in [7, 11) is 0. The molecular formula is C22H22FN3O4. The minimum atomic E-state index is -0.714. The number of benzene rings is 2. The van der Waals surface area contributed by atoms with Crippen LogP contribution < -0.4 is 10.6 Å². The minimum absolute atomic E-state index is 0.0846. The van der Waals surface area contributed by atoms with E-state index in [1.165, 1.54) is 18.4 Å². The van der Waals surface area contributed by atoms with Crippen LogP contribution in [0.5, 0.6) is 0 Å². The maximum Gasteiger partial charge on any atom is 0.412 e. The summed E-state index contributed by atoms with van der Waals surface area (Å²) >= 11 is 0. The van der Waals surface area contributed by atoms with E-state index < -0.39 is 23.4 Å². The van der Waals surface area contributed by atoms with Gasteiger partial charge in [0, 0.05) is 5.56 Å². The molecule has 3 rings (SSSR count). The van der Waals surface area contributed by atoms with E-state index in [1.54, 1.807) is 20.8 Å². The van der Waals surface area contributed by atoms with Crippen molar-refractivity contribution in [2.24, 2.45) is 0 Å². The zero-order valence-electron chi connectivity index (χ0n) is 16.9. The molecule has 0 aliphatic heterocycles. The van der Waals surface area contributed by atoms with E-state index in [-0.39, 0.29) is 17.8 Å². The molecule has 1 aromatic heterocycles. The second kappa shape index (κ2) is 8.77. The van der Waals surface area contributed by atoms with Crippen molar-refractivity contribution >= 4 is 23.4 Å². The van der Waals surface area contributed by atoms with E-state index >= 15 is 0 Å². The first-order valence-electron chi connectivity index (χ1n) is 9.29. The third-order valence-corrected chi connectivity index (χ3v) is 3.81. The molecule has 0 fully saturated rings. The van der Waals surface area contributed by atoms with E-state index in [1.807, 2.05) is 30.3 Å². The van der Waals surface area contributed by atoms with E-state index in [0.29, 0.717) is 11.6 Å². The summed E-state index contributed by atoms with van der Waals surface area (Å²) in [4.78, 5) is 28.8. The Labute approximate surface area is 173 Å². The standard InChI is InChI=1S/C22H22FN3O4/c1-22(2,3)30-21(28)26-17-10-9-15(23)11-18(17)25-19(27)12-16-13-29-20(24-16)14-7-5-4-6-8-14/h4-11,13H,12H2,1-3H3,(H,25,27)(H,26,28). The van der Waals surface area contributed by atoms with Crippen molar-refractivity contribution in [2.75, 3.05) is 10.6 Å². The molecule has 0 atom stereocenters. The molecule has 0 spiro atoms. The zero-order valence-corrected chi connectivity index (χ0v) is 16.9. The first kappa shape index (κ1) is 21.0. The van der Waals surface area contributed by atoms with Crippen LogP contribution in [0, 0.1) is 5.82 Å². The highest BCUT2D eigenvalue weighted by atomic mass is 19.1. The number of anilines is 2. The molecule has 0 radical (unpaired) electrons. The molecule has 2 amide bonds. The van der Waals surface area contributed by atoms with Gasteiger partial charge in [0.25, 0.3) is 0 Å². The van der Waals surface area contributed by atoms with Crippen LogP contribution in [0.25, 0.3) is 11.5 Å². The van der Waals surface area contributed by atoms with Gasteiger partial charge in [0.2, 0.25) is 11.8 Å². The lowest BCUT2D eigenvalue weighted by molar-refractivity contribution is -0.115. The quantitative estimate of drug-likeness (QED) is 0.616. The number of nitrogens with zero attached hydrogens (tertiary/aromatic N) is 1. The Kier molecular flexibility index (Phi) is 6.15. The normalized spacial score (nSPS) is 11.1. The number of nitrogens with one attached hydrogen (secondary N) is 2. The van der Waals surface area contributed by atoms with Gasteiger partial charge >= 0.3 is 6.09 Å². The molecule has 156 valence electrons. The summed E-state index contributed by atoms with van der Waals surface area (Å²) in [5.41, 5.74) is 0.834. The fraction of sp³-hybridized carbons (Fsp3) is 0.227. The summed E-state index contributed by atoms with van der Waals surface area (Å²) < 4.78 is 24.3. The molecular weight excluding hydrogens is 389 g/mol. The fourth-order valence-corrected chi connectivity index (χ4v) is 2.60. The van der Waals surface area contributed by atoms with Crippen molar-refractivity contribution in [2.45, 2.75) is 32.8 Å². The van der Waals surface area contributed by atoms with Crippen LogP contribution in [0.15, 0.2) is 59.2 Å². The monoisotopic (exact) mass is 411 g/mol. The largest absolute Gasteiger partial charge is 0.444 e. The summed E-state index contributed by atoms with van der Waals surface area (Å²) in [6.07, 6.45) is 0.597. The van der Waals surface area contributed by atoms with Crippen LogP contribution in [-0.2, 0) is 16.0 Å². The summed E-state index contributed by atoms with van der Waals surface area (Å²) in [5.74, 6) is -0.606. The average Bonchev–Trinajstić information content (AvgIpc) is 3.11. The fourth-order valence-electron chi connectivity index (χ4n) is 2.60. The van der Waals surface area contributed by atoms with Gasteiger partial charge in [-0.1, -0.05) is 18.2 Å². The lowest BCUT2D eigenvalue weighted by Crippen LogP contribution is -2.27. The average molecular weight is 411 g/mol. The van der Waals surface area contributed by atoms with Gasteiger partial charge in [0.05, 0.1) is 23.5 Å². The molecule has 0 bridgehead atoms. The Hall–Kier alpha value is -3.68. The van der Waals surface area contributed by atoms with Crippen molar-refractivity contribution in [3.63, 3.8) is 0 Å². The van der Waals surface area contributed by atoms with Crippen molar-refractivity contribution in [3.05, 3.63) is 66.3 Å². The van der Waals surface area contributed by atoms with Crippen molar-refractivity contribution in [3.8, 4) is 11.5 Å². The van der Waals surface area contributed by atoms with Gasteiger partial charge in [-0.25, -0.2) is 14.2 Å². The molecule has 0 aliphatic rings. The molecule has 0 unspecified atom stereocenters. The number of halogens is 1. The number of amides is 2. The topological polar surface area (TPSA) is 93.5 Å². The SMILES string of the molecule is CC(C)(C)OC(=O)Nc1ccc(F)cc1NC(=O)Cc1coc(-c2ccccc2)n1. The summed E-state index contributed by atoms with van der Waals surface area (Å²) in [5, 5.41) is 5.10. The van der Waals surface area contributed by atoms with Gasteiger partial charge in [0.15, 0.2) is 0 Å². The lowest BCUT2D eigenvalue weighted by atomic mass is 10.2. The molecule has 2 N–H and O–H groups in total. The predicted octanol–water partition coefficient (Wildman–Crippen LogP) is 5.01. The van der Waals surface area contributed by atoms with Gasteiger partial charge in [-0.2, -0.15) is 0 Å². The van der Waals surface area contributed by atoms with Crippen molar-refractivity contribution in [1.82, 2.24) is 4.98 Å². The maximum atomic E-state index is 13.7. The maximum absolute atomic E-state index is 13.7. The highest BCUT2D eigenvalue weighted by molar-refractivity contribution is 5.98. The number of hydrogen-bond acceptors (Lipinski definition) is 5. The molecule has 0 saturated heterocycles. The highest BCUT2D eigenvalue weighted by Crippen LogP contribution is 2.24. The van der Waals surface area contributed by atoms with Crippen LogP contribution in [0.1, 0.15) is 26.5 Å². The Bertz CT molecular complexity index is 1040. The molecule has 7 nitrogen and oxygen atoms in total. The molecule has 1 heterocycles. The first-order valence-corrected chi connectivity index (χ1v) is 9.29. The minimum Gasteiger partial charge on any atom is -0.444 e. The van der Waals surface area contributed by atoms with E-state index in [0.717, 1.165) is 11.6 Å². The Morgan fingerprint density at radius 3 is 2.50 bits per heavy atom. The van der Waals surface area contributed by atoms with Gasteiger partial charge in [0.1, 0.15) is 17.7 Å². The smallest absolute Gasteiger partial charge is 0.412 e. The van der Waals surface area contributed by atoms with Gasteiger partial charge in [-0.3, -0.25) is 10.1 Å². The molecule has 30 heavy (non-hydrogen) atoms. The Balaban J connectivity index is 1.68.